The molecule has 272 valence electrons. The molecule has 0 aliphatic heterocycles. The van der Waals surface area contributed by atoms with Crippen molar-refractivity contribution in [3.8, 4) is 0 Å². The van der Waals surface area contributed by atoms with Crippen LogP contribution in [0, 0.1) is 23.2 Å². The third-order valence-electron chi connectivity index (χ3n) is 8.78. The summed E-state index contributed by atoms with van der Waals surface area (Å²) in [7, 11) is 0. The van der Waals surface area contributed by atoms with Crippen molar-refractivity contribution < 1.29 is 66.8 Å². The highest BCUT2D eigenvalue weighted by Gasteiger charge is 2.72. The Morgan fingerprint density at radius 3 is 1.76 bits per heavy atom. The summed E-state index contributed by atoms with van der Waals surface area (Å²) in [4.78, 5) is 106. The first kappa shape index (κ1) is 40.8. The van der Waals surface area contributed by atoms with E-state index in [9.17, 15) is 38.4 Å². The van der Waals surface area contributed by atoms with Crippen LogP contribution in [0.4, 0.5) is 0 Å². The standard InChI is InChI=1S/C35H48O14/c1-13-17(2)32(43)47-28-27(45-21(6)37)19(4)26(44-20(5)36)25-31(46-22(7)38)34(12,48-23(8)39)16-35(25,49-24(9)40)29(41)18(3)14-15-33(10,11)30(28)42/h14-15,17-18,25-28,31H,4,13,16H2,1-3,5-12H3/b15-14+/t17-,18-,25+,26+,27+,28-,31-,34-,35-/m1/s1. The maximum atomic E-state index is 14.7. The number of carbonyl (C=O) groups is 8. The number of hydrogen-bond acceptors (Lipinski definition) is 14. The molecule has 0 radical (unpaired) electrons. The molecule has 0 amide bonds. The molecule has 2 aliphatic carbocycles. The monoisotopic (exact) mass is 692 g/mol. The van der Waals surface area contributed by atoms with E-state index < -0.39 is 113 Å². The topological polar surface area (TPSA) is 192 Å². The number of rotatable bonds is 8. The third kappa shape index (κ3) is 9.01. The van der Waals surface area contributed by atoms with Crippen LogP contribution >= 0.6 is 0 Å². The van der Waals surface area contributed by atoms with Crippen LogP contribution < -0.4 is 0 Å². The summed E-state index contributed by atoms with van der Waals surface area (Å²) < 4.78 is 34.4. The van der Waals surface area contributed by atoms with E-state index in [1.807, 2.05) is 0 Å². The predicted molar refractivity (Wildman–Crippen MR) is 170 cm³/mol. The summed E-state index contributed by atoms with van der Waals surface area (Å²) >= 11 is 0. The van der Waals surface area contributed by atoms with Gasteiger partial charge in [0.25, 0.3) is 0 Å². The van der Waals surface area contributed by atoms with E-state index in [1.165, 1.54) is 39.8 Å². The summed E-state index contributed by atoms with van der Waals surface area (Å²) in [6.45, 7) is 18.3. The lowest BCUT2D eigenvalue weighted by Gasteiger charge is -2.42. The zero-order valence-electron chi connectivity index (χ0n) is 30.0. The van der Waals surface area contributed by atoms with Gasteiger partial charge in [0.1, 0.15) is 6.10 Å². The van der Waals surface area contributed by atoms with Gasteiger partial charge in [-0.25, -0.2) is 0 Å². The lowest BCUT2D eigenvalue weighted by atomic mass is 9.72. The molecule has 0 aromatic carbocycles. The van der Waals surface area contributed by atoms with Crippen molar-refractivity contribution in [1.82, 2.24) is 0 Å². The Morgan fingerprint density at radius 2 is 1.29 bits per heavy atom. The molecule has 0 heterocycles. The molecule has 9 atom stereocenters. The van der Waals surface area contributed by atoms with E-state index in [1.54, 1.807) is 13.8 Å². The fourth-order valence-corrected chi connectivity index (χ4v) is 6.43. The molecular weight excluding hydrogens is 644 g/mol. The van der Waals surface area contributed by atoms with E-state index >= 15 is 0 Å². The van der Waals surface area contributed by atoms with Crippen LogP contribution in [0.1, 0.15) is 89.0 Å². The zero-order chi connectivity index (χ0) is 37.8. The minimum Gasteiger partial charge on any atom is -0.458 e. The predicted octanol–water partition coefficient (Wildman–Crippen LogP) is 3.31. The molecule has 49 heavy (non-hydrogen) atoms. The Balaban J connectivity index is 3.21. The first-order valence-corrected chi connectivity index (χ1v) is 16.0. The van der Waals surface area contributed by atoms with Crippen molar-refractivity contribution in [3.63, 3.8) is 0 Å². The van der Waals surface area contributed by atoms with E-state index in [2.05, 4.69) is 6.58 Å². The van der Waals surface area contributed by atoms with Gasteiger partial charge in [-0.3, -0.25) is 38.4 Å². The highest BCUT2D eigenvalue weighted by atomic mass is 16.6. The molecule has 0 saturated heterocycles. The number of fused-ring (bicyclic) bond motifs is 1. The summed E-state index contributed by atoms with van der Waals surface area (Å²) in [6.07, 6.45) is -4.68. The van der Waals surface area contributed by atoms with Crippen molar-refractivity contribution in [1.29, 1.82) is 0 Å². The summed E-state index contributed by atoms with van der Waals surface area (Å²) in [5, 5.41) is 0. The fourth-order valence-electron chi connectivity index (χ4n) is 6.43. The minimum atomic E-state index is -2.35. The number of ketones is 2. The van der Waals surface area contributed by atoms with E-state index in [0.29, 0.717) is 6.42 Å². The molecular formula is C35H48O14. The van der Waals surface area contributed by atoms with E-state index in [-0.39, 0.29) is 5.57 Å². The molecule has 0 N–H and O–H groups in total. The van der Waals surface area contributed by atoms with E-state index in [0.717, 1.165) is 34.6 Å². The van der Waals surface area contributed by atoms with Crippen LogP contribution in [0.3, 0.4) is 0 Å². The number of ether oxygens (including phenoxy) is 6. The van der Waals surface area contributed by atoms with Gasteiger partial charge in [-0.05, 0) is 27.2 Å². The van der Waals surface area contributed by atoms with Crippen LogP contribution in [-0.4, -0.2) is 83.0 Å². The van der Waals surface area contributed by atoms with Crippen LogP contribution in [0.25, 0.3) is 0 Å². The molecule has 1 fully saturated rings. The Bertz CT molecular complexity index is 1420. The van der Waals surface area contributed by atoms with Crippen molar-refractivity contribution in [2.45, 2.75) is 125 Å². The van der Waals surface area contributed by atoms with Gasteiger partial charge >= 0.3 is 35.8 Å². The Kier molecular flexibility index (Phi) is 12.9. The molecule has 1 saturated carbocycles. The maximum absolute atomic E-state index is 14.7. The number of allylic oxidation sites excluding steroid dienone is 2. The van der Waals surface area contributed by atoms with Crippen LogP contribution in [0.5, 0.6) is 0 Å². The minimum absolute atomic E-state index is 0.337. The average Bonchev–Trinajstić information content (AvgIpc) is 3.19. The summed E-state index contributed by atoms with van der Waals surface area (Å²) in [6, 6.07) is 0. The smallest absolute Gasteiger partial charge is 0.309 e. The van der Waals surface area contributed by atoms with Gasteiger partial charge in [0.15, 0.2) is 35.0 Å². The van der Waals surface area contributed by atoms with Gasteiger partial charge < -0.3 is 28.4 Å². The fraction of sp³-hybridized carbons (Fsp3) is 0.657. The third-order valence-corrected chi connectivity index (χ3v) is 8.78. The normalized spacial score (nSPS) is 32.6. The van der Waals surface area contributed by atoms with Gasteiger partial charge in [0, 0.05) is 57.9 Å². The average molecular weight is 693 g/mol. The molecule has 2 aliphatic rings. The van der Waals surface area contributed by atoms with Crippen LogP contribution in [0.15, 0.2) is 24.3 Å². The largest absolute Gasteiger partial charge is 0.458 e. The second-order valence-electron chi connectivity index (χ2n) is 13.5. The van der Waals surface area contributed by atoms with E-state index in [4.69, 9.17) is 28.4 Å². The van der Waals surface area contributed by atoms with Gasteiger partial charge in [-0.2, -0.15) is 0 Å². The van der Waals surface area contributed by atoms with Crippen molar-refractivity contribution in [2.24, 2.45) is 23.2 Å². The molecule has 2 rings (SSSR count). The van der Waals surface area contributed by atoms with Gasteiger partial charge in [-0.1, -0.05) is 39.5 Å². The van der Waals surface area contributed by atoms with Crippen molar-refractivity contribution >= 4 is 47.4 Å². The molecule has 0 aromatic heterocycles. The molecule has 0 bridgehead atoms. The first-order chi connectivity index (χ1) is 22.4. The Hall–Kier alpha value is -4.36. The summed E-state index contributed by atoms with van der Waals surface area (Å²) in [5.74, 6) is -10.5. The van der Waals surface area contributed by atoms with Gasteiger partial charge in [0.05, 0.1) is 11.8 Å². The lowest BCUT2D eigenvalue weighted by Crippen LogP contribution is -2.58. The Morgan fingerprint density at radius 1 is 0.776 bits per heavy atom. The SMILES string of the molecule is C=C1[C@H](OC(C)=O)[C@H]2[C@@H](OC(C)=O)[C@](C)(OC(C)=O)C[C@]2(OC(C)=O)C(=O)[C@H](C)/C=C/C(C)(C)C(=O)[C@H](OC(=O)[C@H](C)CC)[C@H]1OC(C)=O. The number of carbonyl (C=O) groups excluding carboxylic acids is 8. The van der Waals surface area contributed by atoms with Crippen LogP contribution in [0.2, 0.25) is 0 Å². The number of Topliss-reactive ketones (excluding diaryl/α,β-unsaturated/α-hetero) is 2. The highest BCUT2D eigenvalue weighted by molar-refractivity contribution is 5.96. The molecule has 14 heteroatoms. The molecule has 0 unspecified atom stereocenters. The summed E-state index contributed by atoms with van der Waals surface area (Å²) in [5.41, 5.74) is -6.09. The van der Waals surface area contributed by atoms with Crippen LogP contribution in [-0.2, 0) is 66.8 Å². The van der Waals surface area contributed by atoms with Gasteiger partial charge in [0.2, 0.25) is 6.10 Å². The molecule has 0 aromatic rings. The lowest BCUT2D eigenvalue weighted by molar-refractivity contribution is -0.191. The quantitative estimate of drug-likeness (QED) is 0.204. The maximum Gasteiger partial charge on any atom is 0.309 e. The Labute approximate surface area is 286 Å². The second-order valence-corrected chi connectivity index (χ2v) is 13.5. The van der Waals surface area contributed by atoms with Crippen molar-refractivity contribution in [3.05, 3.63) is 24.3 Å². The first-order valence-electron chi connectivity index (χ1n) is 16.0. The second kappa shape index (κ2) is 15.5. The number of hydrogen-bond donors (Lipinski definition) is 0. The van der Waals surface area contributed by atoms with Crippen molar-refractivity contribution in [2.75, 3.05) is 0 Å². The highest BCUT2D eigenvalue weighted by Crippen LogP contribution is 2.54. The zero-order valence-corrected chi connectivity index (χ0v) is 30.0. The molecule has 0 spiro atoms. The number of esters is 6. The van der Waals surface area contributed by atoms with Gasteiger partial charge in [-0.15, -0.1) is 0 Å². The molecule has 14 nitrogen and oxygen atoms in total.